The third-order valence-corrected chi connectivity index (χ3v) is 4.00. The number of hydrogen-bond acceptors (Lipinski definition) is 3. The molecule has 2 heterocycles. The number of fused-ring (bicyclic) bond motifs is 1. The van der Waals surface area contributed by atoms with Gasteiger partial charge in [-0.3, -0.25) is 9.59 Å². The minimum atomic E-state index is -0.430. The number of primary amides is 1. The molecule has 0 radical (unpaired) electrons. The molecule has 2 aliphatic heterocycles. The van der Waals surface area contributed by atoms with Gasteiger partial charge in [-0.2, -0.15) is 0 Å². The molecule has 3 N–H and O–H groups in total. The van der Waals surface area contributed by atoms with Gasteiger partial charge in [0, 0.05) is 18.8 Å². The summed E-state index contributed by atoms with van der Waals surface area (Å²) in [6.07, 6.45) is 1.53. The van der Waals surface area contributed by atoms with Gasteiger partial charge in [0.1, 0.15) is 6.04 Å². The van der Waals surface area contributed by atoms with Crippen LogP contribution in [0.3, 0.4) is 0 Å². The van der Waals surface area contributed by atoms with Crippen molar-refractivity contribution in [1.29, 1.82) is 0 Å². The number of rotatable bonds is 2. The van der Waals surface area contributed by atoms with Crippen LogP contribution in [-0.2, 0) is 9.59 Å². The molecule has 5 heteroatoms. The van der Waals surface area contributed by atoms with Gasteiger partial charge in [-0.1, -0.05) is 18.2 Å². The molecule has 1 fully saturated rings. The number of benzene rings is 1. The fraction of sp³-hybridized carbons (Fsp3) is 0.429. The number of nitrogens with one attached hydrogen (secondary N) is 1. The quantitative estimate of drug-likeness (QED) is 0.819. The molecule has 0 bridgehead atoms. The van der Waals surface area contributed by atoms with Gasteiger partial charge in [0.25, 0.3) is 0 Å². The fourth-order valence-electron chi connectivity index (χ4n) is 3.03. The van der Waals surface area contributed by atoms with E-state index in [0.717, 1.165) is 17.7 Å². The van der Waals surface area contributed by atoms with E-state index in [2.05, 4.69) is 5.32 Å². The van der Waals surface area contributed by atoms with Crippen LogP contribution in [0.5, 0.6) is 0 Å². The topological polar surface area (TPSA) is 75.4 Å². The lowest BCUT2D eigenvalue weighted by atomic mass is 9.99. The van der Waals surface area contributed by atoms with Gasteiger partial charge in [0.15, 0.2) is 0 Å². The van der Waals surface area contributed by atoms with Crippen molar-refractivity contribution in [3.05, 3.63) is 29.8 Å². The molecule has 2 aliphatic rings. The minimum absolute atomic E-state index is 0.0127. The van der Waals surface area contributed by atoms with Crippen molar-refractivity contribution in [3.63, 3.8) is 0 Å². The molecule has 0 spiro atoms. The average molecular weight is 259 g/mol. The lowest BCUT2D eigenvalue weighted by Gasteiger charge is -2.25. The molecule has 2 amide bonds. The largest absolute Gasteiger partial charge is 0.384 e. The predicted molar refractivity (Wildman–Crippen MR) is 71.6 cm³/mol. The Labute approximate surface area is 111 Å². The third kappa shape index (κ3) is 1.95. The molecule has 1 aromatic carbocycles. The Morgan fingerprint density at radius 3 is 2.89 bits per heavy atom. The SMILES string of the molecule is NC(=O)C1CCCN1C(=O)C1CNc2ccccc21. The Hall–Kier alpha value is -2.04. The highest BCUT2D eigenvalue weighted by Crippen LogP contribution is 2.34. The minimum Gasteiger partial charge on any atom is -0.384 e. The van der Waals surface area contributed by atoms with Gasteiger partial charge in [0.2, 0.25) is 11.8 Å². The number of likely N-dealkylation sites (tertiary alicyclic amines) is 1. The number of amides is 2. The van der Waals surface area contributed by atoms with Crippen LogP contribution in [0, 0.1) is 0 Å². The molecular formula is C14H17N3O2. The highest BCUT2D eigenvalue weighted by atomic mass is 16.2. The van der Waals surface area contributed by atoms with Crippen LogP contribution >= 0.6 is 0 Å². The zero-order chi connectivity index (χ0) is 13.4. The number of carbonyl (C=O) groups is 2. The first kappa shape index (κ1) is 12.0. The normalized spacial score (nSPS) is 24.9. The highest BCUT2D eigenvalue weighted by molar-refractivity contribution is 5.92. The first-order valence-corrected chi connectivity index (χ1v) is 6.61. The second kappa shape index (κ2) is 4.57. The van der Waals surface area contributed by atoms with E-state index in [4.69, 9.17) is 5.73 Å². The summed E-state index contributed by atoms with van der Waals surface area (Å²) in [6.45, 7) is 1.23. The van der Waals surface area contributed by atoms with Crippen LogP contribution in [0.25, 0.3) is 0 Å². The maximum absolute atomic E-state index is 12.6. The van der Waals surface area contributed by atoms with E-state index >= 15 is 0 Å². The van der Waals surface area contributed by atoms with Crippen molar-refractivity contribution in [2.75, 3.05) is 18.4 Å². The molecule has 100 valence electrons. The third-order valence-electron chi connectivity index (χ3n) is 4.00. The zero-order valence-electron chi connectivity index (χ0n) is 10.6. The molecule has 0 aliphatic carbocycles. The summed E-state index contributed by atoms with van der Waals surface area (Å²) >= 11 is 0. The first-order chi connectivity index (χ1) is 9.18. The van der Waals surface area contributed by atoms with Crippen LogP contribution in [-0.4, -0.2) is 35.8 Å². The van der Waals surface area contributed by atoms with E-state index in [-0.39, 0.29) is 11.8 Å². The predicted octanol–water partition coefficient (Wildman–Crippen LogP) is 0.672. The molecule has 3 rings (SSSR count). The van der Waals surface area contributed by atoms with Crippen molar-refractivity contribution in [2.24, 2.45) is 5.73 Å². The second-order valence-corrected chi connectivity index (χ2v) is 5.11. The van der Waals surface area contributed by atoms with E-state index in [1.165, 1.54) is 0 Å². The van der Waals surface area contributed by atoms with Crippen molar-refractivity contribution >= 4 is 17.5 Å². The van der Waals surface area contributed by atoms with Gasteiger partial charge >= 0.3 is 0 Å². The van der Waals surface area contributed by atoms with Crippen molar-refractivity contribution in [1.82, 2.24) is 4.90 Å². The molecule has 5 nitrogen and oxygen atoms in total. The lowest BCUT2D eigenvalue weighted by molar-refractivity contribution is -0.138. The van der Waals surface area contributed by atoms with E-state index in [1.54, 1.807) is 4.90 Å². The first-order valence-electron chi connectivity index (χ1n) is 6.61. The number of carbonyl (C=O) groups excluding carboxylic acids is 2. The number of hydrogen-bond donors (Lipinski definition) is 2. The van der Waals surface area contributed by atoms with Crippen molar-refractivity contribution in [3.8, 4) is 0 Å². The van der Waals surface area contributed by atoms with Gasteiger partial charge in [0.05, 0.1) is 5.92 Å². The Kier molecular flexibility index (Phi) is 2.89. The highest BCUT2D eigenvalue weighted by Gasteiger charge is 2.38. The smallest absolute Gasteiger partial charge is 0.240 e. The summed E-state index contributed by atoms with van der Waals surface area (Å²) in [5.74, 6) is -0.583. The van der Waals surface area contributed by atoms with Gasteiger partial charge in [-0.05, 0) is 24.5 Å². The molecular weight excluding hydrogens is 242 g/mol. The molecule has 2 atom stereocenters. The molecule has 0 saturated carbocycles. The number of para-hydroxylation sites is 1. The summed E-state index contributed by atoms with van der Waals surface area (Å²) in [6, 6.07) is 7.38. The van der Waals surface area contributed by atoms with E-state index in [9.17, 15) is 9.59 Å². The van der Waals surface area contributed by atoms with E-state index in [0.29, 0.717) is 19.5 Å². The van der Waals surface area contributed by atoms with Crippen LogP contribution in [0.1, 0.15) is 24.3 Å². The molecule has 1 aromatic rings. The standard InChI is InChI=1S/C14H17N3O2/c15-13(18)12-6-3-7-17(12)14(19)10-8-16-11-5-2-1-4-9(10)11/h1-2,4-5,10,12,16H,3,6-8H2,(H2,15,18). The fourth-order valence-corrected chi connectivity index (χ4v) is 3.03. The lowest BCUT2D eigenvalue weighted by Crippen LogP contribution is -2.45. The molecule has 2 unspecified atom stereocenters. The molecule has 19 heavy (non-hydrogen) atoms. The van der Waals surface area contributed by atoms with Gasteiger partial charge < -0.3 is 16.0 Å². The van der Waals surface area contributed by atoms with E-state index in [1.807, 2.05) is 24.3 Å². The van der Waals surface area contributed by atoms with Crippen LogP contribution in [0.15, 0.2) is 24.3 Å². The summed E-state index contributed by atoms with van der Waals surface area (Å²) in [5, 5.41) is 3.23. The van der Waals surface area contributed by atoms with Crippen LogP contribution in [0.4, 0.5) is 5.69 Å². The monoisotopic (exact) mass is 259 g/mol. The summed E-state index contributed by atoms with van der Waals surface area (Å²) in [7, 11) is 0. The summed E-state index contributed by atoms with van der Waals surface area (Å²) in [4.78, 5) is 25.6. The maximum atomic E-state index is 12.6. The van der Waals surface area contributed by atoms with Crippen molar-refractivity contribution in [2.45, 2.75) is 24.8 Å². The second-order valence-electron chi connectivity index (χ2n) is 5.11. The van der Waals surface area contributed by atoms with Crippen LogP contribution < -0.4 is 11.1 Å². The molecule has 0 aromatic heterocycles. The number of nitrogens with two attached hydrogens (primary N) is 1. The van der Waals surface area contributed by atoms with E-state index < -0.39 is 11.9 Å². The maximum Gasteiger partial charge on any atom is 0.240 e. The Bertz CT molecular complexity index is 529. The van der Waals surface area contributed by atoms with Gasteiger partial charge in [-0.15, -0.1) is 0 Å². The van der Waals surface area contributed by atoms with Crippen LogP contribution in [0.2, 0.25) is 0 Å². The Morgan fingerprint density at radius 1 is 1.32 bits per heavy atom. The molecule has 1 saturated heterocycles. The number of anilines is 1. The summed E-state index contributed by atoms with van der Waals surface area (Å²) in [5.41, 5.74) is 7.40. The average Bonchev–Trinajstić information content (AvgIpc) is 3.05. The summed E-state index contributed by atoms with van der Waals surface area (Å²) < 4.78 is 0. The van der Waals surface area contributed by atoms with Crippen molar-refractivity contribution < 1.29 is 9.59 Å². The zero-order valence-corrected chi connectivity index (χ0v) is 10.6. The van der Waals surface area contributed by atoms with Gasteiger partial charge in [-0.25, -0.2) is 0 Å². The number of nitrogens with zero attached hydrogens (tertiary/aromatic N) is 1. The Balaban J connectivity index is 1.84. The Morgan fingerprint density at radius 2 is 2.11 bits per heavy atom.